The first-order valence-electron chi connectivity index (χ1n) is 8.32. The van der Waals surface area contributed by atoms with E-state index in [2.05, 4.69) is 20.6 Å². The Morgan fingerprint density at radius 2 is 2.44 bits per heavy atom. The van der Waals surface area contributed by atoms with Crippen LogP contribution in [0.2, 0.25) is 0 Å². The molecule has 1 aliphatic heterocycles. The maximum atomic E-state index is 12.3. The number of hydrogen-bond donors (Lipinski definition) is 2. The number of carbonyl (C=O) groups is 1. The number of amides is 1. The SMILES string of the molecule is O=C(Nc1cnn(C[C@@H]2CCCCO2)c1)c1cc(-c2cccs2)[nH]n1. The van der Waals surface area contributed by atoms with Crippen LogP contribution in [0.15, 0.2) is 36.0 Å². The Bertz CT molecular complexity index is 833. The van der Waals surface area contributed by atoms with E-state index in [9.17, 15) is 4.79 Å². The third-order valence-electron chi connectivity index (χ3n) is 4.15. The van der Waals surface area contributed by atoms with E-state index in [1.54, 1.807) is 23.6 Å². The topological polar surface area (TPSA) is 84.8 Å². The lowest BCUT2D eigenvalue weighted by molar-refractivity contribution is 0.00401. The van der Waals surface area contributed by atoms with E-state index in [1.807, 2.05) is 28.4 Å². The number of nitrogens with zero attached hydrogens (tertiary/aromatic N) is 3. The first-order chi connectivity index (χ1) is 12.3. The molecular formula is C17H19N5O2S. The predicted octanol–water partition coefficient (Wildman–Crippen LogP) is 3.16. The Morgan fingerprint density at radius 1 is 1.48 bits per heavy atom. The van der Waals surface area contributed by atoms with Crippen molar-refractivity contribution in [1.29, 1.82) is 0 Å². The minimum absolute atomic E-state index is 0.205. The molecule has 1 atom stereocenters. The Balaban J connectivity index is 1.38. The summed E-state index contributed by atoms with van der Waals surface area (Å²) in [6.07, 6.45) is 7.06. The van der Waals surface area contributed by atoms with Gasteiger partial charge in [-0.1, -0.05) is 6.07 Å². The molecule has 25 heavy (non-hydrogen) atoms. The van der Waals surface area contributed by atoms with Crippen molar-refractivity contribution in [3.8, 4) is 10.6 Å². The highest BCUT2D eigenvalue weighted by Crippen LogP contribution is 2.23. The average Bonchev–Trinajstić information content (AvgIpc) is 3.37. The maximum Gasteiger partial charge on any atom is 0.276 e. The van der Waals surface area contributed by atoms with Gasteiger partial charge in [0.25, 0.3) is 5.91 Å². The van der Waals surface area contributed by atoms with Gasteiger partial charge in [0.1, 0.15) is 0 Å². The molecule has 8 heteroatoms. The molecule has 2 N–H and O–H groups in total. The van der Waals surface area contributed by atoms with E-state index in [4.69, 9.17) is 4.74 Å². The molecule has 0 radical (unpaired) electrons. The Labute approximate surface area is 149 Å². The standard InChI is InChI=1S/C17H19N5O2S/c23-17(15-8-14(20-21-15)16-5-3-7-25-16)19-12-9-18-22(10-12)11-13-4-1-2-6-24-13/h3,5,7-10,13H,1-2,4,6,11H2,(H,19,23)(H,20,21)/t13-/m0/s1. The van der Waals surface area contributed by atoms with Gasteiger partial charge >= 0.3 is 0 Å². The number of hydrogen-bond acceptors (Lipinski definition) is 5. The van der Waals surface area contributed by atoms with Crippen LogP contribution in [0.25, 0.3) is 10.6 Å². The molecular weight excluding hydrogens is 338 g/mol. The van der Waals surface area contributed by atoms with Crippen molar-refractivity contribution in [2.24, 2.45) is 0 Å². The number of H-pyrrole nitrogens is 1. The summed E-state index contributed by atoms with van der Waals surface area (Å²) in [5, 5.41) is 16.1. The number of thiophene rings is 1. The summed E-state index contributed by atoms with van der Waals surface area (Å²) in [4.78, 5) is 13.4. The normalized spacial score (nSPS) is 17.5. The van der Waals surface area contributed by atoms with Crippen LogP contribution in [0.5, 0.6) is 0 Å². The van der Waals surface area contributed by atoms with E-state index in [0.29, 0.717) is 17.9 Å². The summed E-state index contributed by atoms with van der Waals surface area (Å²) < 4.78 is 7.53. The van der Waals surface area contributed by atoms with Gasteiger partial charge in [-0.2, -0.15) is 10.2 Å². The summed E-state index contributed by atoms with van der Waals surface area (Å²) >= 11 is 1.60. The Hall–Kier alpha value is -2.45. The molecule has 7 nitrogen and oxygen atoms in total. The summed E-state index contributed by atoms with van der Waals surface area (Å²) in [6, 6.07) is 5.70. The van der Waals surface area contributed by atoms with Gasteiger partial charge in [0, 0.05) is 12.8 Å². The molecule has 0 saturated carbocycles. The fourth-order valence-electron chi connectivity index (χ4n) is 2.88. The van der Waals surface area contributed by atoms with Crippen molar-refractivity contribution in [3.63, 3.8) is 0 Å². The largest absolute Gasteiger partial charge is 0.376 e. The highest BCUT2D eigenvalue weighted by molar-refractivity contribution is 7.13. The molecule has 1 amide bonds. The van der Waals surface area contributed by atoms with Gasteiger partial charge in [0.15, 0.2) is 5.69 Å². The zero-order chi connectivity index (χ0) is 17.1. The molecule has 4 heterocycles. The second kappa shape index (κ2) is 7.20. The number of rotatable bonds is 5. The van der Waals surface area contributed by atoms with Gasteiger partial charge in [-0.25, -0.2) is 0 Å². The Morgan fingerprint density at radius 3 is 3.24 bits per heavy atom. The first-order valence-corrected chi connectivity index (χ1v) is 9.20. The van der Waals surface area contributed by atoms with E-state index in [1.165, 1.54) is 6.42 Å². The van der Waals surface area contributed by atoms with Gasteiger partial charge < -0.3 is 10.1 Å². The molecule has 0 aliphatic carbocycles. The van der Waals surface area contributed by atoms with Gasteiger partial charge in [0.05, 0.1) is 35.1 Å². The van der Waals surface area contributed by atoms with Crippen molar-refractivity contribution in [2.45, 2.75) is 31.9 Å². The van der Waals surface area contributed by atoms with Crippen LogP contribution in [0.1, 0.15) is 29.8 Å². The number of aromatic amines is 1. The van der Waals surface area contributed by atoms with Crippen molar-refractivity contribution >= 4 is 22.9 Å². The average molecular weight is 357 g/mol. The first kappa shape index (κ1) is 16.0. The molecule has 0 spiro atoms. The minimum Gasteiger partial charge on any atom is -0.376 e. The molecule has 0 unspecified atom stereocenters. The third-order valence-corrected chi connectivity index (χ3v) is 5.06. The summed E-state index contributed by atoms with van der Waals surface area (Å²) in [5.41, 5.74) is 1.85. The molecule has 0 aromatic carbocycles. The van der Waals surface area contributed by atoms with E-state index in [0.717, 1.165) is 30.0 Å². The zero-order valence-electron chi connectivity index (χ0n) is 13.6. The zero-order valence-corrected chi connectivity index (χ0v) is 14.5. The maximum absolute atomic E-state index is 12.3. The summed E-state index contributed by atoms with van der Waals surface area (Å²) in [5.74, 6) is -0.257. The monoisotopic (exact) mass is 357 g/mol. The van der Waals surface area contributed by atoms with Crippen LogP contribution < -0.4 is 5.32 Å². The van der Waals surface area contributed by atoms with Crippen LogP contribution in [-0.2, 0) is 11.3 Å². The predicted molar refractivity (Wildman–Crippen MR) is 95.7 cm³/mol. The molecule has 1 fully saturated rings. The number of nitrogens with one attached hydrogen (secondary N) is 2. The highest BCUT2D eigenvalue weighted by Gasteiger charge is 2.16. The fraction of sp³-hybridized carbons (Fsp3) is 0.353. The molecule has 3 aromatic rings. The van der Waals surface area contributed by atoms with Crippen molar-refractivity contribution in [3.05, 3.63) is 41.7 Å². The molecule has 0 bridgehead atoms. The number of anilines is 1. The smallest absolute Gasteiger partial charge is 0.276 e. The quantitative estimate of drug-likeness (QED) is 0.734. The third kappa shape index (κ3) is 3.80. The second-order valence-electron chi connectivity index (χ2n) is 6.04. The van der Waals surface area contributed by atoms with Crippen LogP contribution in [-0.4, -0.2) is 38.6 Å². The van der Waals surface area contributed by atoms with E-state index in [-0.39, 0.29) is 12.0 Å². The van der Waals surface area contributed by atoms with E-state index < -0.39 is 0 Å². The van der Waals surface area contributed by atoms with Gasteiger partial charge in [-0.15, -0.1) is 11.3 Å². The van der Waals surface area contributed by atoms with Crippen molar-refractivity contribution in [2.75, 3.05) is 11.9 Å². The molecule has 130 valence electrons. The Kier molecular flexibility index (Phi) is 4.62. The lowest BCUT2D eigenvalue weighted by Crippen LogP contribution is -2.24. The lowest BCUT2D eigenvalue weighted by atomic mass is 10.1. The highest BCUT2D eigenvalue weighted by atomic mass is 32.1. The second-order valence-corrected chi connectivity index (χ2v) is 6.99. The van der Waals surface area contributed by atoms with Crippen LogP contribution >= 0.6 is 11.3 Å². The number of aromatic nitrogens is 4. The van der Waals surface area contributed by atoms with Crippen LogP contribution in [0.3, 0.4) is 0 Å². The lowest BCUT2D eigenvalue weighted by Gasteiger charge is -2.22. The van der Waals surface area contributed by atoms with Crippen LogP contribution in [0.4, 0.5) is 5.69 Å². The van der Waals surface area contributed by atoms with Gasteiger partial charge in [-0.3, -0.25) is 14.6 Å². The summed E-state index contributed by atoms with van der Waals surface area (Å²) in [7, 11) is 0. The van der Waals surface area contributed by atoms with Gasteiger partial charge in [-0.05, 0) is 36.8 Å². The number of ether oxygens (including phenoxy) is 1. The van der Waals surface area contributed by atoms with Gasteiger partial charge in [0.2, 0.25) is 0 Å². The fourth-order valence-corrected chi connectivity index (χ4v) is 3.57. The summed E-state index contributed by atoms with van der Waals surface area (Å²) in [6.45, 7) is 1.53. The van der Waals surface area contributed by atoms with Crippen molar-refractivity contribution < 1.29 is 9.53 Å². The molecule has 4 rings (SSSR count). The van der Waals surface area contributed by atoms with E-state index >= 15 is 0 Å². The van der Waals surface area contributed by atoms with Crippen LogP contribution in [0, 0.1) is 0 Å². The molecule has 1 saturated heterocycles. The molecule has 1 aliphatic rings. The molecule has 3 aromatic heterocycles. The minimum atomic E-state index is -0.257. The van der Waals surface area contributed by atoms with Crippen molar-refractivity contribution in [1.82, 2.24) is 20.0 Å². The number of carbonyl (C=O) groups excluding carboxylic acids is 1.